The van der Waals surface area contributed by atoms with Crippen LogP contribution in [0.1, 0.15) is 18.4 Å². The highest BCUT2D eigenvalue weighted by Gasteiger charge is 2.23. The van der Waals surface area contributed by atoms with Crippen LogP contribution in [0.4, 0.5) is 11.6 Å². The van der Waals surface area contributed by atoms with Crippen LogP contribution >= 0.6 is 0 Å². The molecule has 1 aromatic carbocycles. The summed E-state index contributed by atoms with van der Waals surface area (Å²) in [6.45, 7) is 1.39. The zero-order valence-corrected chi connectivity index (χ0v) is 14.4. The fourth-order valence-electron chi connectivity index (χ4n) is 3.15. The van der Waals surface area contributed by atoms with Crippen molar-refractivity contribution in [2.45, 2.75) is 25.4 Å². The fraction of sp³-hybridized carbons (Fsp3) is 0.316. The maximum absolute atomic E-state index is 12.0. The Balaban J connectivity index is 1.29. The standard InChI is InChI=1S/C19H21N5O2/c25-19(16-6-3-11-26-16)22-18-8-7-17(23-24-18)20-10-9-13-12-21-15-5-2-1-4-14(13)15/h1-2,4-5,7-8,12,16,21H,3,6,9-11H2,(H,20,23)(H,22,24,25). The van der Waals surface area contributed by atoms with Gasteiger partial charge >= 0.3 is 0 Å². The number of para-hydroxylation sites is 1. The van der Waals surface area contributed by atoms with E-state index in [-0.39, 0.29) is 12.0 Å². The number of aromatic amines is 1. The second kappa shape index (κ2) is 7.53. The molecule has 1 saturated heterocycles. The van der Waals surface area contributed by atoms with Crippen molar-refractivity contribution in [2.75, 3.05) is 23.8 Å². The Labute approximate surface area is 151 Å². The molecular weight excluding hydrogens is 330 g/mol. The van der Waals surface area contributed by atoms with Crippen molar-refractivity contribution < 1.29 is 9.53 Å². The molecule has 2 aromatic heterocycles. The highest BCUT2D eigenvalue weighted by molar-refractivity contribution is 5.93. The first-order valence-electron chi connectivity index (χ1n) is 8.85. The molecule has 1 atom stereocenters. The smallest absolute Gasteiger partial charge is 0.254 e. The van der Waals surface area contributed by atoms with E-state index in [0.29, 0.717) is 18.2 Å². The first-order chi connectivity index (χ1) is 12.8. The van der Waals surface area contributed by atoms with Gasteiger partial charge in [-0.3, -0.25) is 4.79 Å². The Morgan fingerprint density at radius 1 is 1.19 bits per heavy atom. The molecular formula is C19H21N5O2. The summed E-state index contributed by atoms with van der Waals surface area (Å²) in [5.41, 5.74) is 2.41. The number of nitrogens with zero attached hydrogens (tertiary/aromatic N) is 2. The number of aromatic nitrogens is 3. The normalized spacial score (nSPS) is 16.7. The van der Waals surface area contributed by atoms with Crippen LogP contribution in [0.5, 0.6) is 0 Å². The van der Waals surface area contributed by atoms with E-state index in [1.807, 2.05) is 24.4 Å². The van der Waals surface area contributed by atoms with E-state index in [1.165, 1.54) is 10.9 Å². The maximum atomic E-state index is 12.0. The van der Waals surface area contributed by atoms with Crippen LogP contribution in [0.25, 0.3) is 10.9 Å². The predicted octanol–water partition coefficient (Wildman–Crippen LogP) is 2.73. The van der Waals surface area contributed by atoms with Gasteiger partial charge in [-0.1, -0.05) is 18.2 Å². The lowest BCUT2D eigenvalue weighted by molar-refractivity contribution is -0.124. The lowest BCUT2D eigenvalue weighted by atomic mass is 10.1. The molecule has 3 aromatic rings. The van der Waals surface area contributed by atoms with Crippen LogP contribution in [0.2, 0.25) is 0 Å². The van der Waals surface area contributed by atoms with Crippen molar-refractivity contribution in [3.05, 3.63) is 48.2 Å². The molecule has 0 spiro atoms. The lowest BCUT2D eigenvalue weighted by Crippen LogP contribution is -2.27. The second-order valence-corrected chi connectivity index (χ2v) is 6.33. The summed E-state index contributed by atoms with van der Waals surface area (Å²) in [6.07, 6.45) is 4.23. The van der Waals surface area contributed by atoms with E-state index >= 15 is 0 Å². The third-order valence-electron chi connectivity index (χ3n) is 4.51. The highest BCUT2D eigenvalue weighted by Crippen LogP contribution is 2.18. The van der Waals surface area contributed by atoms with Crippen molar-refractivity contribution >= 4 is 28.4 Å². The van der Waals surface area contributed by atoms with Gasteiger partial charge in [0, 0.05) is 30.3 Å². The average Bonchev–Trinajstić information content (AvgIpc) is 3.34. The van der Waals surface area contributed by atoms with E-state index < -0.39 is 0 Å². The SMILES string of the molecule is O=C(Nc1ccc(NCCc2c[nH]c3ccccc23)nn1)C1CCCO1. The molecule has 1 fully saturated rings. The topological polar surface area (TPSA) is 91.9 Å². The molecule has 3 N–H and O–H groups in total. The van der Waals surface area contributed by atoms with Crippen LogP contribution in [0, 0.1) is 0 Å². The van der Waals surface area contributed by atoms with Crippen molar-refractivity contribution in [1.82, 2.24) is 15.2 Å². The van der Waals surface area contributed by atoms with Gasteiger partial charge in [0.1, 0.15) is 11.9 Å². The molecule has 0 aliphatic carbocycles. The van der Waals surface area contributed by atoms with Gasteiger partial charge in [0.2, 0.25) is 0 Å². The molecule has 4 rings (SSSR count). The number of fused-ring (bicyclic) bond motifs is 1. The Hall–Kier alpha value is -2.93. The van der Waals surface area contributed by atoms with Crippen LogP contribution in [0.15, 0.2) is 42.6 Å². The fourth-order valence-corrected chi connectivity index (χ4v) is 3.15. The number of hydrogen-bond donors (Lipinski definition) is 3. The van der Waals surface area contributed by atoms with Crippen molar-refractivity contribution in [3.8, 4) is 0 Å². The molecule has 7 nitrogen and oxygen atoms in total. The zero-order chi connectivity index (χ0) is 17.8. The number of amides is 1. The second-order valence-electron chi connectivity index (χ2n) is 6.33. The number of benzene rings is 1. The predicted molar refractivity (Wildman–Crippen MR) is 100 cm³/mol. The third-order valence-corrected chi connectivity index (χ3v) is 4.51. The Morgan fingerprint density at radius 3 is 2.85 bits per heavy atom. The Morgan fingerprint density at radius 2 is 2.04 bits per heavy atom. The van der Waals surface area contributed by atoms with Crippen LogP contribution < -0.4 is 10.6 Å². The highest BCUT2D eigenvalue weighted by atomic mass is 16.5. The molecule has 1 aliphatic heterocycles. The minimum Gasteiger partial charge on any atom is -0.368 e. The molecule has 0 bridgehead atoms. The first kappa shape index (κ1) is 16.5. The largest absolute Gasteiger partial charge is 0.368 e. The molecule has 1 aliphatic rings. The molecule has 1 unspecified atom stereocenters. The van der Waals surface area contributed by atoms with Gasteiger partial charge < -0.3 is 20.4 Å². The van der Waals surface area contributed by atoms with Crippen molar-refractivity contribution in [1.29, 1.82) is 0 Å². The summed E-state index contributed by atoms with van der Waals surface area (Å²) < 4.78 is 5.35. The Bertz CT molecular complexity index is 884. The van der Waals surface area contributed by atoms with E-state index in [1.54, 1.807) is 6.07 Å². The minimum atomic E-state index is -0.370. The molecule has 0 saturated carbocycles. The summed E-state index contributed by atoms with van der Waals surface area (Å²) in [5.74, 6) is 0.962. The molecule has 134 valence electrons. The van der Waals surface area contributed by atoms with Gasteiger partial charge in [-0.25, -0.2) is 0 Å². The summed E-state index contributed by atoms with van der Waals surface area (Å²) in [5, 5.41) is 15.4. The van der Waals surface area contributed by atoms with Crippen LogP contribution in [0.3, 0.4) is 0 Å². The van der Waals surface area contributed by atoms with Crippen LogP contribution in [-0.2, 0) is 16.0 Å². The van der Waals surface area contributed by atoms with Crippen LogP contribution in [-0.4, -0.2) is 40.3 Å². The van der Waals surface area contributed by atoms with Gasteiger partial charge in [-0.15, -0.1) is 10.2 Å². The lowest BCUT2D eigenvalue weighted by Gasteiger charge is -2.10. The Kier molecular flexibility index (Phi) is 4.79. The molecule has 1 amide bonds. The van der Waals surface area contributed by atoms with E-state index in [4.69, 9.17) is 4.74 Å². The maximum Gasteiger partial charge on any atom is 0.254 e. The minimum absolute atomic E-state index is 0.156. The van der Waals surface area contributed by atoms with Gasteiger partial charge in [-0.2, -0.15) is 0 Å². The third kappa shape index (κ3) is 3.67. The number of nitrogens with one attached hydrogen (secondary N) is 3. The number of ether oxygens (including phenoxy) is 1. The summed E-state index contributed by atoms with van der Waals surface area (Å²) in [6, 6.07) is 11.8. The quantitative estimate of drug-likeness (QED) is 0.635. The summed E-state index contributed by atoms with van der Waals surface area (Å²) in [4.78, 5) is 15.3. The summed E-state index contributed by atoms with van der Waals surface area (Å²) in [7, 11) is 0. The summed E-state index contributed by atoms with van der Waals surface area (Å²) >= 11 is 0. The number of hydrogen-bond acceptors (Lipinski definition) is 5. The van der Waals surface area contributed by atoms with Gasteiger partial charge in [0.25, 0.3) is 5.91 Å². The monoisotopic (exact) mass is 351 g/mol. The number of anilines is 2. The van der Waals surface area contributed by atoms with Crippen molar-refractivity contribution in [2.24, 2.45) is 0 Å². The number of carbonyl (C=O) groups excluding carboxylic acids is 1. The number of rotatable bonds is 6. The number of carbonyl (C=O) groups is 1. The van der Waals surface area contributed by atoms with Gasteiger partial charge in [0.05, 0.1) is 0 Å². The van der Waals surface area contributed by atoms with E-state index in [9.17, 15) is 4.79 Å². The van der Waals surface area contributed by atoms with E-state index in [0.717, 1.165) is 31.3 Å². The van der Waals surface area contributed by atoms with E-state index in [2.05, 4.69) is 37.9 Å². The van der Waals surface area contributed by atoms with Gasteiger partial charge in [0.15, 0.2) is 5.82 Å². The molecule has 3 heterocycles. The first-order valence-corrected chi connectivity index (χ1v) is 8.85. The molecule has 26 heavy (non-hydrogen) atoms. The zero-order valence-electron chi connectivity index (χ0n) is 14.4. The van der Waals surface area contributed by atoms with Crippen molar-refractivity contribution in [3.63, 3.8) is 0 Å². The molecule has 7 heteroatoms. The average molecular weight is 351 g/mol. The number of H-pyrrole nitrogens is 1. The molecule has 0 radical (unpaired) electrons. The van der Waals surface area contributed by atoms with Gasteiger partial charge in [-0.05, 0) is 43.0 Å².